The number of para-hydroxylation sites is 2. The lowest BCUT2D eigenvalue weighted by atomic mass is 9.94. The monoisotopic (exact) mass is 464 g/mol. The van der Waals surface area contributed by atoms with Gasteiger partial charge in [0.1, 0.15) is 11.3 Å². The molecule has 3 aromatic carbocycles. The number of rotatable bonds is 4. The van der Waals surface area contributed by atoms with E-state index in [1.807, 2.05) is 18.2 Å². The van der Waals surface area contributed by atoms with E-state index in [1.54, 1.807) is 43.3 Å². The number of carbonyl (C=O) groups excluding carboxylic acids is 3. The van der Waals surface area contributed by atoms with Gasteiger partial charge in [0, 0.05) is 27.4 Å². The molecule has 8 nitrogen and oxygen atoms in total. The van der Waals surface area contributed by atoms with Gasteiger partial charge in [-0.1, -0.05) is 36.4 Å². The van der Waals surface area contributed by atoms with Gasteiger partial charge in [0.15, 0.2) is 0 Å². The second-order valence-corrected chi connectivity index (χ2v) is 8.15. The van der Waals surface area contributed by atoms with Gasteiger partial charge >= 0.3 is 0 Å². The van der Waals surface area contributed by atoms with Gasteiger partial charge in [-0.15, -0.1) is 0 Å². The number of anilines is 1. The summed E-state index contributed by atoms with van der Waals surface area (Å²) in [5.41, 5.74) is 3.42. The van der Waals surface area contributed by atoms with Crippen LogP contribution in [0.4, 0.5) is 5.69 Å². The molecule has 170 valence electrons. The van der Waals surface area contributed by atoms with Crippen LogP contribution in [0.2, 0.25) is 0 Å². The molecule has 8 heteroatoms. The molecule has 0 fully saturated rings. The van der Waals surface area contributed by atoms with E-state index in [0.29, 0.717) is 38.4 Å². The Balaban J connectivity index is 1.63. The molecular formula is C27H16N2O6. The number of nitrogens with zero attached hydrogens (tertiary/aromatic N) is 1. The van der Waals surface area contributed by atoms with Crippen molar-refractivity contribution in [3.05, 3.63) is 87.9 Å². The van der Waals surface area contributed by atoms with Gasteiger partial charge in [-0.3, -0.25) is 14.4 Å². The fourth-order valence-corrected chi connectivity index (χ4v) is 4.72. The zero-order valence-corrected chi connectivity index (χ0v) is 18.3. The Labute approximate surface area is 197 Å². The van der Waals surface area contributed by atoms with E-state index in [2.05, 4.69) is 10.3 Å². The van der Waals surface area contributed by atoms with Gasteiger partial charge in [0.25, 0.3) is 24.2 Å². The number of benzene rings is 3. The molecule has 6 rings (SSSR count). The molecule has 0 unspecified atom stereocenters. The smallest absolute Gasteiger partial charge is 0.298 e. The molecule has 3 heterocycles. The molecule has 35 heavy (non-hydrogen) atoms. The Morgan fingerprint density at radius 2 is 1.86 bits per heavy atom. The fraction of sp³-hybridized carbons (Fsp3) is 0.0370. The lowest BCUT2D eigenvalue weighted by Crippen LogP contribution is -2.22. The summed E-state index contributed by atoms with van der Waals surface area (Å²) >= 11 is 0. The summed E-state index contributed by atoms with van der Waals surface area (Å²) in [6, 6.07) is 17.3. The second-order valence-electron chi connectivity index (χ2n) is 8.15. The summed E-state index contributed by atoms with van der Waals surface area (Å²) in [6.07, 6.45) is 0. The Hall–Kier alpha value is -4.98. The van der Waals surface area contributed by atoms with Crippen LogP contribution in [0.15, 0.2) is 70.1 Å². The first-order valence-electron chi connectivity index (χ1n) is 10.7. The minimum atomic E-state index is -0.510. The van der Waals surface area contributed by atoms with E-state index < -0.39 is 11.9 Å². The average molecular weight is 464 g/mol. The fourth-order valence-electron chi connectivity index (χ4n) is 4.72. The third kappa shape index (κ3) is 3.00. The molecule has 2 aliphatic rings. The SMILES string of the molecule is C/C(=C1/C(=O)Nc2ccccc21)c1cc2oc(O)c(C3=c4ccccc4=NC3=O)c2cc1OC=O. The van der Waals surface area contributed by atoms with E-state index in [0.717, 1.165) is 5.56 Å². The molecule has 0 spiro atoms. The number of allylic oxidation sites excluding steroid dienone is 1. The third-order valence-electron chi connectivity index (χ3n) is 6.26. The van der Waals surface area contributed by atoms with Gasteiger partial charge in [-0.25, -0.2) is 4.99 Å². The number of hydrogen-bond acceptors (Lipinski definition) is 6. The first-order valence-corrected chi connectivity index (χ1v) is 10.7. The minimum Gasteiger partial charge on any atom is -0.480 e. The van der Waals surface area contributed by atoms with Crippen LogP contribution < -0.4 is 20.6 Å². The Bertz CT molecular complexity index is 1780. The van der Waals surface area contributed by atoms with Crippen molar-refractivity contribution in [2.45, 2.75) is 6.92 Å². The second kappa shape index (κ2) is 7.53. The molecule has 0 bridgehead atoms. The molecule has 0 radical (unpaired) electrons. The van der Waals surface area contributed by atoms with E-state index >= 15 is 0 Å². The third-order valence-corrected chi connectivity index (χ3v) is 6.26. The topological polar surface area (TPSA) is 118 Å². The maximum Gasteiger partial charge on any atom is 0.298 e. The van der Waals surface area contributed by atoms with E-state index in [1.165, 1.54) is 6.07 Å². The van der Waals surface area contributed by atoms with Crippen molar-refractivity contribution in [3.8, 4) is 11.7 Å². The van der Waals surface area contributed by atoms with Gasteiger partial charge < -0.3 is 19.6 Å². The average Bonchev–Trinajstić information content (AvgIpc) is 3.46. The first-order chi connectivity index (χ1) is 17.0. The summed E-state index contributed by atoms with van der Waals surface area (Å²) < 4.78 is 10.9. The normalized spacial score (nSPS) is 15.5. The van der Waals surface area contributed by atoms with Crippen molar-refractivity contribution < 1.29 is 28.6 Å². The van der Waals surface area contributed by atoms with Crippen LogP contribution in [0.1, 0.15) is 23.6 Å². The number of hydrogen-bond donors (Lipinski definition) is 2. The zero-order valence-electron chi connectivity index (χ0n) is 18.3. The predicted molar refractivity (Wildman–Crippen MR) is 127 cm³/mol. The van der Waals surface area contributed by atoms with Gasteiger partial charge in [-0.05, 0) is 36.8 Å². The molecule has 4 aromatic rings. The summed E-state index contributed by atoms with van der Waals surface area (Å²) in [5.74, 6) is -1.11. The highest BCUT2D eigenvalue weighted by Gasteiger charge is 2.30. The standard InChI is InChI=1S/C27H16N2O6/c1-13(22-14-6-2-4-8-18(14)28-25(22)31)16-10-21-17(11-20(16)34-12-30)24(27(33)35-21)23-15-7-3-5-9-19(15)29-26(23)32/h2-12,33H,1H3,(H,28,31)/b22-13-. The van der Waals surface area contributed by atoms with Crippen LogP contribution in [0.5, 0.6) is 11.7 Å². The summed E-state index contributed by atoms with van der Waals surface area (Å²) in [6.45, 7) is 2.02. The Morgan fingerprint density at radius 3 is 2.69 bits per heavy atom. The van der Waals surface area contributed by atoms with Gasteiger partial charge in [0.2, 0.25) is 0 Å². The largest absolute Gasteiger partial charge is 0.480 e. The van der Waals surface area contributed by atoms with Crippen LogP contribution in [0.3, 0.4) is 0 Å². The van der Waals surface area contributed by atoms with Gasteiger partial charge in [0.05, 0.1) is 22.1 Å². The van der Waals surface area contributed by atoms with Crippen molar-refractivity contribution in [3.63, 3.8) is 0 Å². The van der Waals surface area contributed by atoms with Crippen molar-refractivity contribution in [2.75, 3.05) is 5.32 Å². The van der Waals surface area contributed by atoms with E-state index in [-0.39, 0.29) is 34.8 Å². The van der Waals surface area contributed by atoms with E-state index in [4.69, 9.17) is 9.15 Å². The van der Waals surface area contributed by atoms with Crippen LogP contribution in [0.25, 0.3) is 27.7 Å². The number of ether oxygens (including phenoxy) is 1. The summed E-state index contributed by atoms with van der Waals surface area (Å²) in [5, 5.41) is 15.0. The first kappa shape index (κ1) is 20.6. The van der Waals surface area contributed by atoms with Crippen molar-refractivity contribution in [1.29, 1.82) is 0 Å². The lowest BCUT2D eigenvalue weighted by molar-refractivity contribution is -0.120. The zero-order chi connectivity index (χ0) is 24.3. The number of aromatic hydroxyl groups is 1. The van der Waals surface area contributed by atoms with Crippen LogP contribution in [0, 0.1) is 0 Å². The highest BCUT2D eigenvalue weighted by Crippen LogP contribution is 2.43. The molecule has 0 saturated carbocycles. The van der Waals surface area contributed by atoms with Gasteiger partial charge in [-0.2, -0.15) is 0 Å². The van der Waals surface area contributed by atoms with Crippen molar-refractivity contribution in [1.82, 2.24) is 0 Å². The number of fused-ring (bicyclic) bond motifs is 3. The number of amides is 2. The molecule has 0 atom stereocenters. The Kier molecular flexibility index (Phi) is 4.43. The molecule has 2 aliphatic heterocycles. The maximum absolute atomic E-state index is 12.8. The number of furan rings is 1. The molecule has 2 N–H and O–H groups in total. The van der Waals surface area contributed by atoms with Crippen LogP contribution in [-0.4, -0.2) is 23.4 Å². The lowest BCUT2D eigenvalue weighted by Gasteiger charge is -2.11. The predicted octanol–water partition coefficient (Wildman–Crippen LogP) is 2.92. The molecule has 0 saturated heterocycles. The quantitative estimate of drug-likeness (QED) is 0.354. The number of nitrogens with one attached hydrogen (secondary N) is 1. The van der Waals surface area contributed by atoms with Crippen molar-refractivity contribution in [2.24, 2.45) is 4.99 Å². The summed E-state index contributed by atoms with van der Waals surface area (Å²) in [7, 11) is 0. The molecular weight excluding hydrogens is 448 g/mol. The van der Waals surface area contributed by atoms with Crippen LogP contribution in [-0.2, 0) is 14.4 Å². The molecule has 1 aromatic heterocycles. The maximum atomic E-state index is 12.8. The molecule has 2 amide bonds. The number of carbonyl (C=O) groups is 3. The molecule has 0 aliphatic carbocycles. The highest BCUT2D eigenvalue weighted by atomic mass is 16.5. The van der Waals surface area contributed by atoms with Crippen LogP contribution >= 0.6 is 0 Å². The highest BCUT2D eigenvalue weighted by molar-refractivity contribution is 6.37. The minimum absolute atomic E-state index is 0.146. The van der Waals surface area contributed by atoms with E-state index in [9.17, 15) is 19.5 Å². The summed E-state index contributed by atoms with van der Waals surface area (Å²) in [4.78, 5) is 40.9. The van der Waals surface area contributed by atoms with Crippen molar-refractivity contribution >= 4 is 51.7 Å². The Morgan fingerprint density at radius 1 is 1.09 bits per heavy atom.